The van der Waals surface area contributed by atoms with Gasteiger partial charge in [0.15, 0.2) is 5.78 Å². The monoisotopic (exact) mass is 313 g/mol. The van der Waals surface area contributed by atoms with Crippen LogP contribution in [-0.4, -0.2) is 23.2 Å². The smallest absolute Gasteiger partial charge is 0.234 e. The first kappa shape index (κ1) is 16.3. The molecule has 114 valence electrons. The molecule has 0 unspecified atom stereocenters. The van der Waals surface area contributed by atoms with E-state index >= 15 is 0 Å². The molecule has 0 aliphatic carbocycles. The van der Waals surface area contributed by atoms with Gasteiger partial charge in [-0.25, -0.2) is 0 Å². The number of carbonyl (C=O) groups excluding carboxylic acids is 2. The van der Waals surface area contributed by atoms with Crippen LogP contribution in [0.15, 0.2) is 54.6 Å². The van der Waals surface area contributed by atoms with Crippen LogP contribution in [0, 0.1) is 0 Å². The lowest BCUT2D eigenvalue weighted by Gasteiger charge is -2.06. The Morgan fingerprint density at radius 1 is 1.05 bits per heavy atom. The largest absolute Gasteiger partial charge is 0.325 e. The Labute approximate surface area is 135 Å². The zero-order valence-corrected chi connectivity index (χ0v) is 13.4. The van der Waals surface area contributed by atoms with Crippen molar-refractivity contribution in [3.05, 3.63) is 65.7 Å². The van der Waals surface area contributed by atoms with E-state index in [2.05, 4.69) is 17.4 Å². The first-order valence-electron chi connectivity index (χ1n) is 7.17. The predicted molar refractivity (Wildman–Crippen MR) is 92.5 cm³/mol. The Bertz CT molecular complexity index is 641. The van der Waals surface area contributed by atoms with Gasteiger partial charge in [-0.15, -0.1) is 0 Å². The number of nitrogens with one attached hydrogen (secondary N) is 1. The van der Waals surface area contributed by atoms with Crippen molar-refractivity contribution in [1.82, 2.24) is 0 Å². The molecule has 0 saturated carbocycles. The summed E-state index contributed by atoms with van der Waals surface area (Å²) in [5.41, 5.74) is 2.56. The third-order valence-electron chi connectivity index (χ3n) is 3.16. The summed E-state index contributed by atoms with van der Waals surface area (Å²) in [6.07, 6.45) is 0.957. The van der Waals surface area contributed by atoms with Gasteiger partial charge in [0.1, 0.15) is 0 Å². The molecule has 0 aliphatic heterocycles. The number of Topliss-reactive ketones (excluding diaryl/α,β-unsaturated/α-hetero) is 1. The summed E-state index contributed by atoms with van der Waals surface area (Å²) in [6, 6.07) is 17.2. The number of carbonyl (C=O) groups is 2. The Balaban J connectivity index is 1.74. The molecule has 2 rings (SSSR count). The van der Waals surface area contributed by atoms with Crippen LogP contribution in [0.2, 0.25) is 0 Å². The minimum absolute atomic E-state index is 0.00617. The van der Waals surface area contributed by atoms with E-state index in [1.807, 2.05) is 18.2 Å². The SMILES string of the molecule is CC(=O)c1cccc(NC(=O)CSCCc2ccccc2)c1. The van der Waals surface area contributed by atoms with Crippen molar-refractivity contribution in [2.24, 2.45) is 0 Å². The zero-order chi connectivity index (χ0) is 15.8. The third-order valence-corrected chi connectivity index (χ3v) is 4.12. The maximum atomic E-state index is 11.9. The zero-order valence-electron chi connectivity index (χ0n) is 12.5. The van der Waals surface area contributed by atoms with Crippen molar-refractivity contribution in [1.29, 1.82) is 0 Å². The van der Waals surface area contributed by atoms with E-state index in [9.17, 15) is 9.59 Å². The van der Waals surface area contributed by atoms with Crippen molar-refractivity contribution in [2.75, 3.05) is 16.8 Å². The quantitative estimate of drug-likeness (QED) is 0.624. The number of benzene rings is 2. The second-order valence-electron chi connectivity index (χ2n) is 4.97. The van der Waals surface area contributed by atoms with Crippen LogP contribution >= 0.6 is 11.8 Å². The van der Waals surface area contributed by atoms with Gasteiger partial charge in [0, 0.05) is 11.3 Å². The molecule has 0 saturated heterocycles. The lowest BCUT2D eigenvalue weighted by atomic mass is 10.1. The second-order valence-corrected chi connectivity index (χ2v) is 6.08. The van der Waals surface area contributed by atoms with E-state index in [1.165, 1.54) is 12.5 Å². The maximum absolute atomic E-state index is 11.9. The van der Waals surface area contributed by atoms with Crippen LogP contribution in [-0.2, 0) is 11.2 Å². The van der Waals surface area contributed by atoms with E-state index in [1.54, 1.807) is 36.0 Å². The van der Waals surface area contributed by atoms with Crippen molar-refractivity contribution in [3.63, 3.8) is 0 Å². The summed E-state index contributed by atoms with van der Waals surface area (Å²) < 4.78 is 0. The Kier molecular flexibility index (Phi) is 6.22. The molecule has 0 heterocycles. The standard InChI is InChI=1S/C18H19NO2S/c1-14(20)16-8-5-9-17(12-16)19-18(21)13-22-11-10-15-6-3-2-4-7-15/h2-9,12H,10-11,13H2,1H3,(H,19,21). The number of anilines is 1. The molecular weight excluding hydrogens is 294 g/mol. The van der Waals surface area contributed by atoms with Gasteiger partial charge in [0.2, 0.25) is 5.91 Å². The number of rotatable bonds is 7. The molecule has 0 aliphatic rings. The average Bonchev–Trinajstić information content (AvgIpc) is 2.53. The van der Waals surface area contributed by atoms with Gasteiger partial charge in [-0.05, 0) is 36.8 Å². The second kappa shape index (κ2) is 8.39. The van der Waals surface area contributed by atoms with Gasteiger partial charge in [0.25, 0.3) is 0 Å². The third kappa shape index (κ3) is 5.37. The molecule has 22 heavy (non-hydrogen) atoms. The normalized spacial score (nSPS) is 10.2. The lowest BCUT2D eigenvalue weighted by molar-refractivity contribution is -0.113. The van der Waals surface area contributed by atoms with Crippen LogP contribution in [0.3, 0.4) is 0 Å². The molecule has 0 radical (unpaired) electrons. The van der Waals surface area contributed by atoms with Gasteiger partial charge < -0.3 is 5.32 Å². The molecular formula is C18H19NO2S. The van der Waals surface area contributed by atoms with Gasteiger partial charge in [-0.3, -0.25) is 9.59 Å². The average molecular weight is 313 g/mol. The number of hydrogen-bond acceptors (Lipinski definition) is 3. The van der Waals surface area contributed by atoms with E-state index < -0.39 is 0 Å². The highest BCUT2D eigenvalue weighted by Gasteiger charge is 2.05. The highest BCUT2D eigenvalue weighted by atomic mass is 32.2. The molecule has 2 aromatic carbocycles. The molecule has 4 heteroatoms. The number of hydrogen-bond donors (Lipinski definition) is 1. The van der Waals surface area contributed by atoms with Crippen molar-refractivity contribution < 1.29 is 9.59 Å². The minimum Gasteiger partial charge on any atom is -0.325 e. The topological polar surface area (TPSA) is 46.2 Å². The van der Waals surface area contributed by atoms with Gasteiger partial charge in [0.05, 0.1) is 5.75 Å². The molecule has 0 atom stereocenters. The Morgan fingerprint density at radius 3 is 2.55 bits per heavy atom. The fourth-order valence-electron chi connectivity index (χ4n) is 2.01. The maximum Gasteiger partial charge on any atom is 0.234 e. The van der Waals surface area contributed by atoms with Crippen LogP contribution in [0.25, 0.3) is 0 Å². The minimum atomic E-state index is -0.0428. The summed E-state index contributed by atoms with van der Waals surface area (Å²) in [5.74, 6) is 1.27. The highest BCUT2D eigenvalue weighted by Crippen LogP contribution is 2.12. The molecule has 0 aromatic heterocycles. The van der Waals surface area contributed by atoms with Crippen molar-refractivity contribution >= 4 is 29.1 Å². The molecule has 1 N–H and O–H groups in total. The molecule has 2 aromatic rings. The number of thioether (sulfide) groups is 1. The highest BCUT2D eigenvalue weighted by molar-refractivity contribution is 7.99. The van der Waals surface area contributed by atoms with E-state index in [-0.39, 0.29) is 11.7 Å². The number of aryl methyl sites for hydroxylation is 1. The van der Waals surface area contributed by atoms with E-state index in [4.69, 9.17) is 0 Å². The summed E-state index contributed by atoms with van der Waals surface area (Å²) >= 11 is 1.61. The van der Waals surface area contributed by atoms with Crippen LogP contribution < -0.4 is 5.32 Å². The van der Waals surface area contributed by atoms with Crippen LogP contribution in [0.4, 0.5) is 5.69 Å². The van der Waals surface area contributed by atoms with Gasteiger partial charge in [-0.1, -0.05) is 42.5 Å². The van der Waals surface area contributed by atoms with Crippen molar-refractivity contribution in [3.8, 4) is 0 Å². The number of ketones is 1. The fourth-order valence-corrected chi connectivity index (χ4v) is 2.79. The first-order chi connectivity index (χ1) is 10.6. The lowest BCUT2D eigenvalue weighted by Crippen LogP contribution is -2.14. The van der Waals surface area contributed by atoms with E-state index in [0.717, 1.165) is 12.2 Å². The predicted octanol–water partition coefficient (Wildman–Crippen LogP) is 3.80. The van der Waals surface area contributed by atoms with Crippen LogP contribution in [0.1, 0.15) is 22.8 Å². The summed E-state index contributed by atoms with van der Waals surface area (Å²) in [5, 5.41) is 2.82. The van der Waals surface area contributed by atoms with Crippen molar-refractivity contribution in [2.45, 2.75) is 13.3 Å². The van der Waals surface area contributed by atoms with Gasteiger partial charge in [-0.2, -0.15) is 11.8 Å². The summed E-state index contributed by atoms with van der Waals surface area (Å²) in [4.78, 5) is 23.2. The summed E-state index contributed by atoms with van der Waals surface area (Å²) in [7, 11) is 0. The Hall–Kier alpha value is -2.07. The molecule has 0 spiro atoms. The van der Waals surface area contributed by atoms with Gasteiger partial charge >= 0.3 is 0 Å². The van der Waals surface area contributed by atoms with Crippen LogP contribution in [0.5, 0.6) is 0 Å². The first-order valence-corrected chi connectivity index (χ1v) is 8.33. The number of amides is 1. The Morgan fingerprint density at radius 2 is 1.82 bits per heavy atom. The molecule has 0 bridgehead atoms. The fraction of sp³-hybridized carbons (Fsp3) is 0.222. The molecule has 1 amide bonds. The molecule has 0 fully saturated rings. The molecule has 3 nitrogen and oxygen atoms in total. The van der Waals surface area contributed by atoms with E-state index in [0.29, 0.717) is 17.0 Å². The summed E-state index contributed by atoms with van der Waals surface area (Å²) in [6.45, 7) is 1.51.